The van der Waals surface area contributed by atoms with Gasteiger partial charge in [0.25, 0.3) is 0 Å². The van der Waals surface area contributed by atoms with Crippen LogP contribution in [0.5, 0.6) is 0 Å². The van der Waals surface area contributed by atoms with Crippen LogP contribution in [0.4, 0.5) is 11.4 Å². The van der Waals surface area contributed by atoms with Gasteiger partial charge in [0.05, 0.1) is 27.0 Å². The Morgan fingerprint density at radius 3 is 2.60 bits per heavy atom. The monoisotopic (exact) mass is 316 g/mol. The molecule has 1 aromatic carbocycles. The van der Waals surface area contributed by atoms with Crippen molar-refractivity contribution in [2.45, 2.75) is 51.2 Å². The molecular formula is C15H22Cl2N2O. The molecule has 1 heterocycles. The number of nitrogens with two attached hydrogens (primary N) is 1. The van der Waals surface area contributed by atoms with E-state index in [4.69, 9.17) is 33.7 Å². The van der Waals surface area contributed by atoms with E-state index in [9.17, 15) is 0 Å². The highest BCUT2D eigenvalue weighted by Gasteiger charge is 2.34. The largest absolute Gasteiger partial charge is 0.397 e. The summed E-state index contributed by atoms with van der Waals surface area (Å²) in [5, 5.41) is 4.50. The van der Waals surface area contributed by atoms with Gasteiger partial charge in [-0.2, -0.15) is 0 Å². The van der Waals surface area contributed by atoms with Crippen molar-refractivity contribution in [3.63, 3.8) is 0 Å². The zero-order valence-electron chi connectivity index (χ0n) is 12.0. The first-order valence-corrected chi connectivity index (χ1v) is 7.90. The van der Waals surface area contributed by atoms with Crippen LogP contribution < -0.4 is 11.1 Å². The Morgan fingerprint density at radius 1 is 1.30 bits per heavy atom. The van der Waals surface area contributed by atoms with E-state index in [2.05, 4.69) is 19.2 Å². The normalized spacial score (nSPS) is 21.7. The lowest BCUT2D eigenvalue weighted by atomic mass is 9.86. The van der Waals surface area contributed by atoms with E-state index in [0.717, 1.165) is 38.0 Å². The summed E-state index contributed by atoms with van der Waals surface area (Å²) in [7, 11) is 0. The van der Waals surface area contributed by atoms with Crippen molar-refractivity contribution >= 4 is 34.6 Å². The lowest BCUT2D eigenvalue weighted by Crippen LogP contribution is -2.43. The summed E-state index contributed by atoms with van der Waals surface area (Å²) in [5.41, 5.74) is 7.47. The SMILES string of the molecule is CCC1(CC)CC(Nc2cc(Cl)c(Cl)cc2N)CCO1. The Morgan fingerprint density at radius 2 is 1.95 bits per heavy atom. The molecule has 0 aliphatic carbocycles. The minimum absolute atomic E-state index is 0.0130. The van der Waals surface area contributed by atoms with Crippen molar-refractivity contribution < 1.29 is 4.74 Å². The second-order valence-corrected chi connectivity index (χ2v) is 6.24. The lowest BCUT2D eigenvalue weighted by Gasteiger charge is -2.40. The van der Waals surface area contributed by atoms with Gasteiger partial charge in [-0.1, -0.05) is 37.0 Å². The maximum absolute atomic E-state index is 6.06. The second kappa shape index (κ2) is 6.42. The van der Waals surface area contributed by atoms with Gasteiger partial charge in [-0.25, -0.2) is 0 Å². The fraction of sp³-hybridized carbons (Fsp3) is 0.600. The molecule has 0 amide bonds. The number of ether oxygens (including phenoxy) is 1. The maximum atomic E-state index is 6.06. The van der Waals surface area contributed by atoms with Crippen LogP contribution in [-0.4, -0.2) is 18.2 Å². The molecule has 2 rings (SSSR count). The fourth-order valence-corrected chi connectivity index (χ4v) is 3.14. The average molecular weight is 317 g/mol. The smallest absolute Gasteiger partial charge is 0.0696 e. The molecule has 112 valence electrons. The van der Waals surface area contributed by atoms with E-state index in [1.54, 1.807) is 12.1 Å². The molecule has 1 unspecified atom stereocenters. The molecule has 0 saturated carbocycles. The van der Waals surface area contributed by atoms with Crippen LogP contribution in [0.15, 0.2) is 12.1 Å². The lowest BCUT2D eigenvalue weighted by molar-refractivity contribution is -0.0864. The third kappa shape index (κ3) is 3.33. The molecule has 1 saturated heterocycles. The van der Waals surface area contributed by atoms with Crippen LogP contribution in [0.3, 0.4) is 0 Å². The molecule has 0 aromatic heterocycles. The number of halogens is 2. The third-order valence-corrected chi connectivity index (χ3v) is 4.96. The van der Waals surface area contributed by atoms with E-state index in [0.29, 0.717) is 21.8 Å². The molecule has 1 atom stereocenters. The zero-order chi connectivity index (χ0) is 14.8. The summed E-state index contributed by atoms with van der Waals surface area (Å²) < 4.78 is 5.99. The van der Waals surface area contributed by atoms with Crippen LogP contribution in [0.25, 0.3) is 0 Å². The summed E-state index contributed by atoms with van der Waals surface area (Å²) in [6.07, 6.45) is 4.01. The first-order valence-electron chi connectivity index (χ1n) is 7.14. The summed E-state index contributed by atoms with van der Waals surface area (Å²) >= 11 is 12.0. The van der Waals surface area contributed by atoms with Crippen molar-refractivity contribution in [1.29, 1.82) is 0 Å². The quantitative estimate of drug-likeness (QED) is 0.790. The predicted octanol–water partition coefficient (Wildman–Crippen LogP) is 4.73. The molecule has 20 heavy (non-hydrogen) atoms. The van der Waals surface area contributed by atoms with Crippen molar-refractivity contribution in [2.24, 2.45) is 0 Å². The number of anilines is 2. The van der Waals surface area contributed by atoms with Gasteiger partial charge in [-0.3, -0.25) is 0 Å². The average Bonchev–Trinajstić information content (AvgIpc) is 2.45. The Labute approximate surface area is 130 Å². The summed E-state index contributed by atoms with van der Waals surface area (Å²) in [6, 6.07) is 3.84. The van der Waals surface area contributed by atoms with Crippen molar-refractivity contribution in [3.05, 3.63) is 22.2 Å². The van der Waals surface area contributed by atoms with Gasteiger partial charge in [-0.15, -0.1) is 0 Å². The first kappa shape index (κ1) is 15.7. The second-order valence-electron chi connectivity index (χ2n) is 5.43. The van der Waals surface area contributed by atoms with Gasteiger partial charge in [0, 0.05) is 12.6 Å². The first-order chi connectivity index (χ1) is 9.49. The molecule has 1 aromatic rings. The Hall–Kier alpha value is -0.640. The zero-order valence-corrected chi connectivity index (χ0v) is 13.5. The van der Waals surface area contributed by atoms with Gasteiger partial charge in [-0.05, 0) is 37.8 Å². The van der Waals surface area contributed by atoms with Crippen molar-refractivity contribution in [2.75, 3.05) is 17.7 Å². The highest BCUT2D eigenvalue weighted by atomic mass is 35.5. The number of benzene rings is 1. The van der Waals surface area contributed by atoms with Crippen molar-refractivity contribution in [3.8, 4) is 0 Å². The molecule has 1 aliphatic heterocycles. The molecule has 1 aliphatic rings. The van der Waals surface area contributed by atoms with Crippen LogP contribution >= 0.6 is 23.2 Å². The minimum atomic E-state index is -0.0130. The highest BCUT2D eigenvalue weighted by Crippen LogP contribution is 2.35. The minimum Gasteiger partial charge on any atom is -0.397 e. The fourth-order valence-electron chi connectivity index (χ4n) is 2.80. The molecule has 3 nitrogen and oxygen atoms in total. The molecule has 0 radical (unpaired) electrons. The van der Waals surface area contributed by atoms with Crippen molar-refractivity contribution in [1.82, 2.24) is 0 Å². The Balaban J connectivity index is 2.12. The van der Waals surface area contributed by atoms with E-state index in [1.807, 2.05) is 0 Å². The standard InChI is InChI=1S/C15H22Cl2N2O/c1-3-15(4-2)9-10(5-6-20-15)19-14-8-12(17)11(16)7-13(14)18/h7-8,10,19H,3-6,9,18H2,1-2H3. The van der Waals surface area contributed by atoms with Crippen LogP contribution in [0.2, 0.25) is 10.0 Å². The van der Waals surface area contributed by atoms with Gasteiger partial charge >= 0.3 is 0 Å². The number of hydrogen-bond donors (Lipinski definition) is 2. The van der Waals surface area contributed by atoms with E-state index < -0.39 is 0 Å². The Kier molecular flexibility index (Phi) is 5.05. The van der Waals surface area contributed by atoms with E-state index in [-0.39, 0.29) is 5.60 Å². The molecule has 0 spiro atoms. The molecule has 1 fully saturated rings. The van der Waals surface area contributed by atoms with E-state index >= 15 is 0 Å². The Bertz CT molecular complexity index is 475. The molecule has 0 bridgehead atoms. The summed E-state index contributed by atoms with van der Waals surface area (Å²) in [6.45, 7) is 5.14. The van der Waals surface area contributed by atoms with Crippen LogP contribution in [-0.2, 0) is 4.74 Å². The van der Waals surface area contributed by atoms with Crippen LogP contribution in [0.1, 0.15) is 39.5 Å². The predicted molar refractivity (Wildman–Crippen MR) is 86.8 cm³/mol. The third-order valence-electron chi connectivity index (χ3n) is 4.23. The molecule has 3 N–H and O–H groups in total. The number of rotatable bonds is 4. The number of nitrogens with one attached hydrogen (secondary N) is 1. The maximum Gasteiger partial charge on any atom is 0.0696 e. The highest BCUT2D eigenvalue weighted by molar-refractivity contribution is 6.42. The summed E-state index contributed by atoms with van der Waals surface area (Å²) in [4.78, 5) is 0. The van der Waals surface area contributed by atoms with Gasteiger partial charge < -0.3 is 15.8 Å². The molecular weight excluding hydrogens is 295 g/mol. The van der Waals surface area contributed by atoms with E-state index in [1.165, 1.54) is 0 Å². The van der Waals surface area contributed by atoms with Gasteiger partial charge in [0.15, 0.2) is 0 Å². The summed E-state index contributed by atoms with van der Waals surface area (Å²) in [5.74, 6) is 0. The topological polar surface area (TPSA) is 47.3 Å². The number of hydrogen-bond acceptors (Lipinski definition) is 3. The van der Waals surface area contributed by atoms with Gasteiger partial charge in [0.2, 0.25) is 0 Å². The van der Waals surface area contributed by atoms with Crippen LogP contribution in [0, 0.1) is 0 Å². The number of nitrogen functional groups attached to an aromatic ring is 1. The van der Waals surface area contributed by atoms with Gasteiger partial charge in [0.1, 0.15) is 0 Å². The molecule has 5 heteroatoms.